The van der Waals surface area contributed by atoms with Crippen LogP contribution in [0, 0.1) is 0 Å². The molecule has 10 heteroatoms. The number of hydrogen-bond donors (Lipinski definition) is 0. The van der Waals surface area contributed by atoms with Crippen LogP contribution >= 0.6 is 23.2 Å². The van der Waals surface area contributed by atoms with E-state index in [0.717, 1.165) is 11.2 Å². The highest BCUT2D eigenvalue weighted by Crippen LogP contribution is 2.30. The minimum Gasteiger partial charge on any atom is -0.423 e. The van der Waals surface area contributed by atoms with Gasteiger partial charge in [0, 0.05) is 17.3 Å². The van der Waals surface area contributed by atoms with Crippen LogP contribution < -0.4 is 4.74 Å². The van der Waals surface area contributed by atoms with Crippen LogP contribution in [0.25, 0.3) is 0 Å². The Kier molecular flexibility index (Phi) is 5.97. The molecule has 0 saturated heterocycles. The predicted molar refractivity (Wildman–Crippen MR) is 107 cm³/mol. The van der Waals surface area contributed by atoms with Gasteiger partial charge in [-0.25, -0.2) is 13.2 Å². The largest absolute Gasteiger partial charge is 0.423 e. The summed E-state index contributed by atoms with van der Waals surface area (Å²) in [6.07, 6.45) is 0.674. The predicted octanol–water partition coefficient (Wildman–Crippen LogP) is 3.00. The molecule has 2 amide bonds. The first-order valence-corrected chi connectivity index (χ1v) is 11.2. The third kappa shape index (κ3) is 4.60. The molecule has 1 aliphatic rings. The summed E-state index contributed by atoms with van der Waals surface area (Å²) < 4.78 is 28.5. The first-order chi connectivity index (χ1) is 13.6. The lowest BCUT2D eigenvalue weighted by molar-refractivity contribution is -0.138. The van der Waals surface area contributed by atoms with E-state index >= 15 is 0 Å². The zero-order chi connectivity index (χ0) is 21.3. The number of halogens is 2. The lowest BCUT2D eigenvalue weighted by Gasteiger charge is -2.24. The third-order valence-corrected chi connectivity index (χ3v) is 5.80. The Bertz CT molecular complexity index is 1080. The standard InChI is InChI=1S/C19H15Cl2NO6S/c1-29(26,27)9-8-15(19(25)28-16-10-11(20)6-7-14(16)21)22-17(23)12-4-2-3-5-13(12)18(22)24/h2-7,10,15H,8-9H2,1H3. The Balaban J connectivity index is 1.95. The van der Waals surface area contributed by atoms with Crippen LogP contribution in [0.5, 0.6) is 5.75 Å². The highest BCUT2D eigenvalue weighted by atomic mass is 35.5. The summed E-state index contributed by atoms with van der Waals surface area (Å²) in [4.78, 5) is 39.1. The smallest absolute Gasteiger partial charge is 0.334 e. The quantitative estimate of drug-likeness (QED) is 0.377. The van der Waals surface area contributed by atoms with Crippen LogP contribution in [0.3, 0.4) is 0 Å². The van der Waals surface area contributed by atoms with E-state index < -0.39 is 39.4 Å². The number of amides is 2. The summed E-state index contributed by atoms with van der Waals surface area (Å²) >= 11 is 11.9. The average molecular weight is 456 g/mol. The number of rotatable bonds is 6. The van der Waals surface area contributed by atoms with Crippen molar-refractivity contribution < 1.29 is 27.5 Å². The van der Waals surface area contributed by atoms with Gasteiger partial charge in [0.15, 0.2) is 5.75 Å². The number of fused-ring (bicyclic) bond motifs is 1. The number of nitrogens with zero attached hydrogens (tertiary/aromatic N) is 1. The normalized spacial score (nSPS) is 14.7. The number of imide groups is 1. The second-order valence-electron chi connectivity index (χ2n) is 6.46. The van der Waals surface area contributed by atoms with Gasteiger partial charge in [0.2, 0.25) is 0 Å². The summed E-state index contributed by atoms with van der Waals surface area (Å²) in [7, 11) is -3.48. The Labute approximate surface area is 177 Å². The van der Waals surface area contributed by atoms with E-state index in [2.05, 4.69) is 0 Å². The molecule has 1 heterocycles. The molecule has 1 aliphatic heterocycles. The number of hydrogen-bond acceptors (Lipinski definition) is 6. The molecule has 0 saturated carbocycles. The van der Waals surface area contributed by atoms with Crippen molar-refractivity contribution in [1.82, 2.24) is 4.90 Å². The average Bonchev–Trinajstić information content (AvgIpc) is 2.89. The summed E-state index contributed by atoms with van der Waals surface area (Å²) in [5, 5.41) is 0.345. The summed E-state index contributed by atoms with van der Waals surface area (Å²) in [5.74, 6) is -2.88. The van der Waals surface area contributed by atoms with Crippen molar-refractivity contribution in [3.05, 3.63) is 63.6 Å². The Hall–Kier alpha value is -2.42. The summed E-state index contributed by atoms with van der Waals surface area (Å²) in [6.45, 7) is 0. The first kappa shape index (κ1) is 21.3. The number of carbonyl (C=O) groups excluding carboxylic acids is 3. The van der Waals surface area contributed by atoms with Crippen LogP contribution in [0.2, 0.25) is 10.0 Å². The van der Waals surface area contributed by atoms with Crippen LogP contribution in [0.15, 0.2) is 42.5 Å². The van der Waals surface area contributed by atoms with Gasteiger partial charge in [-0.05, 0) is 30.7 Å². The fourth-order valence-electron chi connectivity index (χ4n) is 2.90. The van der Waals surface area contributed by atoms with E-state index in [4.69, 9.17) is 27.9 Å². The molecule has 152 valence electrons. The topological polar surface area (TPSA) is 97.8 Å². The Morgan fingerprint density at radius 1 is 1.07 bits per heavy atom. The van der Waals surface area contributed by atoms with Gasteiger partial charge in [0.05, 0.1) is 21.9 Å². The molecule has 0 fully saturated rings. The van der Waals surface area contributed by atoms with Gasteiger partial charge >= 0.3 is 5.97 Å². The number of benzene rings is 2. The molecule has 0 aromatic heterocycles. The monoisotopic (exact) mass is 455 g/mol. The molecule has 1 atom stereocenters. The van der Waals surface area contributed by atoms with Crippen LogP contribution in [-0.4, -0.2) is 49.2 Å². The molecular formula is C19H15Cl2NO6S. The molecule has 2 aromatic rings. The maximum atomic E-state index is 12.9. The highest BCUT2D eigenvalue weighted by Gasteiger charge is 2.43. The minimum atomic E-state index is -3.48. The summed E-state index contributed by atoms with van der Waals surface area (Å²) in [5.41, 5.74) is 0.269. The van der Waals surface area contributed by atoms with Gasteiger partial charge in [-0.2, -0.15) is 0 Å². The maximum absolute atomic E-state index is 12.9. The number of sulfone groups is 1. The van der Waals surface area contributed by atoms with Gasteiger partial charge in [0.1, 0.15) is 15.9 Å². The Morgan fingerprint density at radius 3 is 2.21 bits per heavy atom. The van der Waals surface area contributed by atoms with E-state index in [1.807, 2.05) is 0 Å². The highest BCUT2D eigenvalue weighted by molar-refractivity contribution is 7.90. The molecule has 1 unspecified atom stereocenters. The third-order valence-electron chi connectivity index (χ3n) is 4.28. The number of ether oxygens (including phenoxy) is 1. The van der Waals surface area contributed by atoms with Gasteiger partial charge in [-0.1, -0.05) is 35.3 Å². The SMILES string of the molecule is CS(=O)(=O)CCC(C(=O)Oc1cc(Cl)ccc1Cl)N1C(=O)c2ccccc2C1=O. The van der Waals surface area contributed by atoms with Gasteiger partial charge < -0.3 is 4.74 Å². The van der Waals surface area contributed by atoms with Crippen LogP contribution in [-0.2, 0) is 14.6 Å². The summed E-state index contributed by atoms with van der Waals surface area (Å²) in [6, 6.07) is 8.86. The molecule has 0 N–H and O–H groups in total. The van der Waals surface area contributed by atoms with E-state index in [9.17, 15) is 22.8 Å². The molecule has 0 radical (unpaired) electrons. The molecular weight excluding hydrogens is 441 g/mol. The molecule has 0 spiro atoms. The van der Waals surface area contributed by atoms with Crippen molar-refractivity contribution in [3.63, 3.8) is 0 Å². The van der Waals surface area contributed by atoms with Crippen LogP contribution in [0.1, 0.15) is 27.1 Å². The lowest BCUT2D eigenvalue weighted by atomic mass is 10.1. The fraction of sp³-hybridized carbons (Fsp3) is 0.211. The first-order valence-electron chi connectivity index (χ1n) is 8.40. The van der Waals surface area contributed by atoms with E-state index in [0.29, 0.717) is 0 Å². The Morgan fingerprint density at radius 2 is 1.66 bits per heavy atom. The van der Waals surface area contributed by atoms with Gasteiger partial charge in [-0.3, -0.25) is 14.5 Å². The van der Waals surface area contributed by atoms with Crippen molar-refractivity contribution in [2.24, 2.45) is 0 Å². The molecule has 2 aromatic carbocycles. The van der Waals surface area contributed by atoms with Crippen molar-refractivity contribution >= 4 is 50.8 Å². The minimum absolute atomic E-state index is 0.0647. The van der Waals surface area contributed by atoms with Crippen molar-refractivity contribution in [2.45, 2.75) is 12.5 Å². The zero-order valence-corrected chi connectivity index (χ0v) is 17.4. The molecule has 3 rings (SSSR count). The zero-order valence-electron chi connectivity index (χ0n) is 15.1. The molecule has 0 aliphatic carbocycles. The molecule has 29 heavy (non-hydrogen) atoms. The van der Waals surface area contributed by atoms with Gasteiger partial charge in [-0.15, -0.1) is 0 Å². The second-order valence-corrected chi connectivity index (χ2v) is 9.56. The van der Waals surface area contributed by atoms with Crippen molar-refractivity contribution in [3.8, 4) is 5.75 Å². The number of carbonyl (C=O) groups is 3. The number of esters is 1. The van der Waals surface area contributed by atoms with E-state index in [-0.39, 0.29) is 33.3 Å². The second kappa shape index (κ2) is 8.14. The molecule has 0 bridgehead atoms. The van der Waals surface area contributed by atoms with Crippen molar-refractivity contribution in [2.75, 3.05) is 12.0 Å². The van der Waals surface area contributed by atoms with E-state index in [1.54, 1.807) is 12.1 Å². The van der Waals surface area contributed by atoms with Gasteiger partial charge in [0.25, 0.3) is 11.8 Å². The van der Waals surface area contributed by atoms with E-state index in [1.165, 1.54) is 30.3 Å². The lowest BCUT2D eigenvalue weighted by Crippen LogP contribution is -2.47. The fourth-order valence-corrected chi connectivity index (χ4v) is 3.87. The molecule has 7 nitrogen and oxygen atoms in total. The maximum Gasteiger partial charge on any atom is 0.334 e. The van der Waals surface area contributed by atoms with Crippen molar-refractivity contribution in [1.29, 1.82) is 0 Å². The van der Waals surface area contributed by atoms with Crippen LogP contribution in [0.4, 0.5) is 0 Å².